The number of aliphatic hydroxyl groups is 1. The Bertz CT molecular complexity index is 482. The van der Waals surface area contributed by atoms with Crippen molar-refractivity contribution in [3.63, 3.8) is 0 Å². The number of likely N-dealkylation sites (tertiary alicyclic amines) is 1. The van der Waals surface area contributed by atoms with Crippen molar-refractivity contribution in [2.75, 3.05) is 13.1 Å². The van der Waals surface area contributed by atoms with Crippen LogP contribution in [0.25, 0.3) is 0 Å². The third-order valence-electron chi connectivity index (χ3n) is 5.80. The number of fused-ring (bicyclic) bond motifs is 1. The number of aromatic nitrogens is 2. The summed E-state index contributed by atoms with van der Waals surface area (Å²) in [6.07, 6.45) is 9.99. The maximum atomic E-state index is 10.5. The SMILES string of the molecule is Cc1cnn([C@H]2C[C@H]3CN(C4CCC4)C[C@H]3C[C@@H]2O)c1. The molecule has 1 aromatic rings. The molecular weight excluding hydrogens is 250 g/mol. The van der Waals surface area contributed by atoms with E-state index in [1.807, 2.05) is 10.9 Å². The zero-order valence-corrected chi connectivity index (χ0v) is 12.3. The molecule has 1 aliphatic heterocycles. The van der Waals surface area contributed by atoms with E-state index in [2.05, 4.69) is 23.1 Å². The molecule has 110 valence electrons. The minimum atomic E-state index is -0.225. The topological polar surface area (TPSA) is 41.3 Å². The second-order valence-electron chi connectivity index (χ2n) is 7.16. The molecule has 4 nitrogen and oxygen atoms in total. The minimum Gasteiger partial charge on any atom is -0.391 e. The number of hydrogen-bond donors (Lipinski definition) is 1. The Morgan fingerprint density at radius 2 is 1.95 bits per heavy atom. The Hall–Kier alpha value is -0.870. The summed E-state index contributed by atoms with van der Waals surface area (Å²) >= 11 is 0. The van der Waals surface area contributed by atoms with E-state index in [-0.39, 0.29) is 12.1 Å². The van der Waals surface area contributed by atoms with E-state index in [1.165, 1.54) is 37.9 Å². The van der Waals surface area contributed by atoms with Crippen molar-refractivity contribution >= 4 is 0 Å². The fraction of sp³-hybridized carbons (Fsp3) is 0.812. The van der Waals surface area contributed by atoms with Crippen LogP contribution in [0.2, 0.25) is 0 Å². The molecule has 20 heavy (non-hydrogen) atoms. The highest BCUT2D eigenvalue weighted by molar-refractivity contribution is 5.03. The third-order valence-corrected chi connectivity index (χ3v) is 5.80. The molecule has 4 rings (SSSR count). The smallest absolute Gasteiger partial charge is 0.0781 e. The summed E-state index contributed by atoms with van der Waals surface area (Å²) < 4.78 is 2.00. The van der Waals surface area contributed by atoms with Gasteiger partial charge in [0, 0.05) is 25.3 Å². The fourth-order valence-electron chi connectivity index (χ4n) is 4.39. The summed E-state index contributed by atoms with van der Waals surface area (Å²) in [7, 11) is 0. The summed E-state index contributed by atoms with van der Waals surface area (Å²) in [5.74, 6) is 1.46. The quantitative estimate of drug-likeness (QED) is 0.897. The lowest BCUT2D eigenvalue weighted by Crippen LogP contribution is -2.38. The van der Waals surface area contributed by atoms with E-state index in [4.69, 9.17) is 0 Å². The van der Waals surface area contributed by atoms with Gasteiger partial charge in [-0.2, -0.15) is 5.10 Å². The van der Waals surface area contributed by atoms with Crippen LogP contribution in [0.4, 0.5) is 0 Å². The van der Waals surface area contributed by atoms with Gasteiger partial charge in [0.1, 0.15) is 0 Å². The summed E-state index contributed by atoms with van der Waals surface area (Å²) in [4.78, 5) is 2.70. The Morgan fingerprint density at radius 1 is 1.20 bits per heavy atom. The van der Waals surface area contributed by atoms with Crippen LogP contribution in [0.1, 0.15) is 43.7 Å². The van der Waals surface area contributed by atoms with Crippen LogP contribution in [-0.4, -0.2) is 45.0 Å². The van der Waals surface area contributed by atoms with Gasteiger partial charge in [-0.05, 0) is 50.0 Å². The van der Waals surface area contributed by atoms with Crippen molar-refractivity contribution in [1.82, 2.24) is 14.7 Å². The molecule has 2 saturated carbocycles. The van der Waals surface area contributed by atoms with Crippen LogP contribution in [0.3, 0.4) is 0 Å². The monoisotopic (exact) mass is 275 g/mol. The molecule has 4 heteroatoms. The molecular formula is C16H25N3O. The van der Waals surface area contributed by atoms with Crippen LogP contribution in [0, 0.1) is 18.8 Å². The van der Waals surface area contributed by atoms with Crippen LogP contribution in [-0.2, 0) is 0 Å². The highest BCUT2D eigenvalue weighted by Crippen LogP contribution is 2.43. The Morgan fingerprint density at radius 3 is 2.55 bits per heavy atom. The standard InChI is InChI=1S/C16H25N3O/c1-11-7-17-19(8-11)15-5-12-9-18(14-3-2-4-14)10-13(12)6-16(15)20/h7-8,12-16,20H,2-6,9-10H2,1H3/t12-,13+,15-,16-/m0/s1. The average Bonchev–Trinajstić information content (AvgIpc) is 2.91. The molecule has 2 aliphatic carbocycles. The van der Waals surface area contributed by atoms with Gasteiger partial charge in [-0.1, -0.05) is 6.42 Å². The largest absolute Gasteiger partial charge is 0.391 e. The molecule has 4 atom stereocenters. The van der Waals surface area contributed by atoms with E-state index < -0.39 is 0 Å². The van der Waals surface area contributed by atoms with E-state index in [0.717, 1.165) is 24.8 Å². The molecule has 0 bridgehead atoms. The first-order valence-electron chi connectivity index (χ1n) is 8.13. The maximum Gasteiger partial charge on any atom is 0.0781 e. The molecule has 0 spiro atoms. The van der Waals surface area contributed by atoms with Gasteiger partial charge in [0.05, 0.1) is 18.3 Å². The van der Waals surface area contributed by atoms with Crippen LogP contribution in [0.5, 0.6) is 0 Å². The Kier molecular flexibility index (Phi) is 3.11. The third kappa shape index (κ3) is 2.09. The zero-order valence-electron chi connectivity index (χ0n) is 12.3. The normalized spacial score (nSPS) is 38.7. The van der Waals surface area contributed by atoms with Gasteiger partial charge in [-0.3, -0.25) is 9.58 Å². The Labute approximate surface area is 120 Å². The first-order chi connectivity index (χ1) is 9.70. The van der Waals surface area contributed by atoms with Crippen molar-refractivity contribution in [2.45, 2.75) is 57.2 Å². The van der Waals surface area contributed by atoms with E-state index in [9.17, 15) is 5.11 Å². The Balaban J connectivity index is 1.47. The molecule has 0 radical (unpaired) electrons. The van der Waals surface area contributed by atoms with Crippen molar-refractivity contribution < 1.29 is 5.11 Å². The van der Waals surface area contributed by atoms with Crippen LogP contribution >= 0.6 is 0 Å². The second kappa shape index (κ2) is 4.85. The number of rotatable bonds is 2. The summed E-state index contributed by atoms with van der Waals surface area (Å²) in [5.41, 5.74) is 1.18. The van der Waals surface area contributed by atoms with Gasteiger partial charge in [-0.15, -0.1) is 0 Å². The second-order valence-corrected chi connectivity index (χ2v) is 7.16. The van der Waals surface area contributed by atoms with E-state index in [1.54, 1.807) is 0 Å². The van der Waals surface area contributed by atoms with E-state index >= 15 is 0 Å². The predicted molar refractivity (Wildman–Crippen MR) is 77.4 cm³/mol. The van der Waals surface area contributed by atoms with Crippen LogP contribution in [0.15, 0.2) is 12.4 Å². The van der Waals surface area contributed by atoms with Gasteiger partial charge in [0.25, 0.3) is 0 Å². The van der Waals surface area contributed by atoms with Gasteiger partial charge in [-0.25, -0.2) is 0 Å². The number of aryl methyl sites for hydroxylation is 1. The van der Waals surface area contributed by atoms with Crippen molar-refractivity contribution in [3.8, 4) is 0 Å². The number of aliphatic hydroxyl groups excluding tert-OH is 1. The fourth-order valence-corrected chi connectivity index (χ4v) is 4.39. The summed E-state index contributed by atoms with van der Waals surface area (Å²) in [5, 5.41) is 14.9. The van der Waals surface area contributed by atoms with Gasteiger partial charge >= 0.3 is 0 Å². The zero-order chi connectivity index (χ0) is 13.7. The molecule has 3 aliphatic rings. The molecule has 0 amide bonds. The first kappa shape index (κ1) is 12.8. The molecule has 0 unspecified atom stereocenters. The molecule has 2 heterocycles. The summed E-state index contributed by atoms with van der Waals surface area (Å²) in [6.45, 7) is 4.53. The lowest BCUT2D eigenvalue weighted by Gasteiger charge is -2.35. The van der Waals surface area contributed by atoms with Gasteiger partial charge < -0.3 is 5.11 Å². The molecule has 3 fully saturated rings. The molecule has 0 aromatic carbocycles. The highest BCUT2D eigenvalue weighted by atomic mass is 16.3. The van der Waals surface area contributed by atoms with Crippen LogP contribution < -0.4 is 0 Å². The van der Waals surface area contributed by atoms with Gasteiger partial charge in [0.15, 0.2) is 0 Å². The van der Waals surface area contributed by atoms with Crippen molar-refractivity contribution in [1.29, 1.82) is 0 Å². The number of nitrogens with zero attached hydrogens (tertiary/aromatic N) is 3. The number of hydrogen-bond acceptors (Lipinski definition) is 3. The maximum absolute atomic E-state index is 10.5. The van der Waals surface area contributed by atoms with Crippen molar-refractivity contribution in [3.05, 3.63) is 18.0 Å². The lowest BCUT2D eigenvalue weighted by molar-refractivity contribution is 0.0305. The summed E-state index contributed by atoms with van der Waals surface area (Å²) in [6, 6.07) is 1.04. The molecule has 1 N–H and O–H groups in total. The van der Waals surface area contributed by atoms with Crippen molar-refractivity contribution in [2.24, 2.45) is 11.8 Å². The molecule has 1 aromatic heterocycles. The first-order valence-corrected chi connectivity index (χ1v) is 8.13. The van der Waals surface area contributed by atoms with E-state index in [0.29, 0.717) is 5.92 Å². The highest BCUT2D eigenvalue weighted by Gasteiger charge is 2.44. The average molecular weight is 275 g/mol. The predicted octanol–water partition coefficient (Wildman–Crippen LogP) is 1.99. The molecule has 1 saturated heterocycles. The lowest BCUT2D eigenvalue weighted by atomic mass is 9.77. The minimum absolute atomic E-state index is 0.186. The van der Waals surface area contributed by atoms with Gasteiger partial charge in [0.2, 0.25) is 0 Å².